The molecule has 0 atom stereocenters. The summed E-state index contributed by atoms with van der Waals surface area (Å²) in [6.45, 7) is 2.53. The zero-order chi connectivity index (χ0) is 17.5. The van der Waals surface area contributed by atoms with Gasteiger partial charge < -0.3 is 10.1 Å². The zero-order valence-electron chi connectivity index (χ0n) is 12.7. The molecule has 0 saturated heterocycles. The van der Waals surface area contributed by atoms with Crippen molar-refractivity contribution in [1.82, 2.24) is 4.98 Å². The zero-order valence-corrected chi connectivity index (χ0v) is 12.7. The number of aromatic hydroxyl groups is 1. The number of benzene rings is 2. The molecule has 0 aliphatic heterocycles. The van der Waals surface area contributed by atoms with E-state index in [1.165, 1.54) is 18.1 Å². The lowest BCUT2D eigenvalue weighted by Crippen LogP contribution is -2.28. The lowest BCUT2D eigenvalue weighted by atomic mass is 9.62. The first-order valence-electron chi connectivity index (χ1n) is 7.09. The van der Waals surface area contributed by atoms with Gasteiger partial charge >= 0.3 is 6.92 Å². The molecule has 2 aromatic carbocycles. The van der Waals surface area contributed by atoms with Gasteiger partial charge in [-0.2, -0.15) is 5.26 Å². The van der Waals surface area contributed by atoms with Crippen molar-refractivity contribution in [1.29, 1.82) is 5.26 Å². The van der Waals surface area contributed by atoms with Crippen LogP contribution in [0.2, 0.25) is 0 Å². The van der Waals surface area contributed by atoms with E-state index in [4.69, 9.17) is 5.26 Å². The Bertz CT molecular complexity index is 904. The largest absolute Gasteiger partial charge is 0.506 e. The summed E-state index contributed by atoms with van der Waals surface area (Å²) in [5.74, 6) is 0.972. The van der Waals surface area contributed by atoms with Crippen LogP contribution in [0.1, 0.15) is 5.56 Å². The molecule has 118 valence electrons. The molecule has 0 spiro atoms. The molecule has 0 aliphatic rings. The van der Waals surface area contributed by atoms with E-state index in [1.807, 2.05) is 18.2 Å². The summed E-state index contributed by atoms with van der Waals surface area (Å²) < 4.78 is 12.8. The first-order valence-corrected chi connectivity index (χ1v) is 7.09. The predicted octanol–water partition coefficient (Wildman–Crippen LogP) is 2.55. The first kappa shape index (κ1) is 17.2. The van der Waals surface area contributed by atoms with Crippen LogP contribution in [0.25, 0.3) is 10.9 Å². The van der Waals surface area contributed by atoms with Crippen LogP contribution < -0.4 is 5.46 Å². The lowest BCUT2D eigenvalue weighted by Gasteiger charge is -2.01. The quantitative estimate of drug-likeness (QED) is 0.712. The predicted molar refractivity (Wildman–Crippen MR) is 92.3 cm³/mol. The van der Waals surface area contributed by atoms with Crippen LogP contribution in [0.5, 0.6) is 5.75 Å². The van der Waals surface area contributed by atoms with E-state index in [0.29, 0.717) is 11.0 Å². The second-order valence-electron chi connectivity index (χ2n) is 4.88. The van der Waals surface area contributed by atoms with Crippen molar-refractivity contribution >= 4 is 23.3 Å². The molecule has 24 heavy (non-hydrogen) atoms. The molecule has 1 heterocycles. The fourth-order valence-corrected chi connectivity index (χ4v) is 2.04. The Kier molecular flexibility index (Phi) is 5.66. The van der Waals surface area contributed by atoms with Gasteiger partial charge in [0.2, 0.25) is 0 Å². The van der Waals surface area contributed by atoms with Crippen molar-refractivity contribution in [2.75, 3.05) is 0 Å². The molecule has 0 unspecified atom stereocenters. The SMILES string of the molecule is C=CB(O)c1ccc(F)c(C#N)c1.Oc1cccc2cccnc12. The van der Waals surface area contributed by atoms with Gasteiger partial charge in [-0.05, 0) is 29.7 Å². The number of nitriles is 1. The van der Waals surface area contributed by atoms with Crippen molar-refractivity contribution in [2.45, 2.75) is 0 Å². The van der Waals surface area contributed by atoms with Gasteiger partial charge in [-0.1, -0.05) is 30.2 Å². The van der Waals surface area contributed by atoms with Crippen LogP contribution in [0.4, 0.5) is 4.39 Å². The maximum atomic E-state index is 12.8. The Hall–Kier alpha value is -3.17. The number of para-hydroxylation sites is 1. The van der Waals surface area contributed by atoms with E-state index in [9.17, 15) is 14.5 Å². The highest BCUT2D eigenvalue weighted by Crippen LogP contribution is 2.20. The highest BCUT2D eigenvalue weighted by atomic mass is 19.1. The Labute approximate surface area is 139 Å². The van der Waals surface area contributed by atoms with Gasteiger partial charge in [-0.15, -0.1) is 6.58 Å². The number of nitrogens with zero attached hydrogens (tertiary/aromatic N) is 2. The van der Waals surface area contributed by atoms with E-state index in [1.54, 1.807) is 24.4 Å². The highest BCUT2D eigenvalue weighted by Gasteiger charge is 2.11. The Morgan fingerprint density at radius 2 is 1.96 bits per heavy atom. The molecule has 4 nitrogen and oxygen atoms in total. The summed E-state index contributed by atoms with van der Waals surface area (Å²) in [5.41, 5.74) is 1.06. The standard InChI is InChI=1S/C9H7BFNO.C9H7NO/c1-2-10(13)8-3-4-9(11)7(5-8)6-12;11-8-5-1-3-7-4-2-6-10-9(7)8/h2-5,13H,1H2;1-6,11H. The van der Waals surface area contributed by atoms with Crippen LogP contribution in [-0.2, 0) is 0 Å². The molecule has 0 bridgehead atoms. The number of phenols is 1. The van der Waals surface area contributed by atoms with Crippen LogP contribution in [0.3, 0.4) is 0 Å². The molecule has 0 fully saturated rings. The number of aromatic nitrogens is 1. The maximum Gasteiger partial charge on any atom is 0.350 e. The number of hydrogen-bond donors (Lipinski definition) is 2. The van der Waals surface area contributed by atoms with E-state index in [0.717, 1.165) is 11.5 Å². The van der Waals surface area contributed by atoms with E-state index in [-0.39, 0.29) is 11.3 Å². The molecule has 0 amide bonds. The molecule has 2 N–H and O–H groups in total. The monoisotopic (exact) mass is 320 g/mol. The molecular formula is C18H14BFN2O2. The fourth-order valence-electron chi connectivity index (χ4n) is 2.04. The molecule has 3 aromatic rings. The van der Waals surface area contributed by atoms with Crippen molar-refractivity contribution in [2.24, 2.45) is 0 Å². The molecule has 3 rings (SSSR count). The molecule has 0 saturated carbocycles. The average molecular weight is 320 g/mol. The minimum atomic E-state index is -0.854. The topological polar surface area (TPSA) is 77.1 Å². The normalized spacial score (nSPS) is 9.54. The number of fused-ring (bicyclic) bond motifs is 1. The van der Waals surface area contributed by atoms with Crippen LogP contribution in [-0.4, -0.2) is 22.0 Å². The van der Waals surface area contributed by atoms with Gasteiger partial charge in [-0.3, -0.25) is 4.98 Å². The smallest absolute Gasteiger partial charge is 0.350 e. The van der Waals surface area contributed by atoms with Gasteiger partial charge in [0.05, 0.1) is 5.56 Å². The van der Waals surface area contributed by atoms with E-state index >= 15 is 0 Å². The van der Waals surface area contributed by atoms with E-state index in [2.05, 4.69) is 11.6 Å². The third-order valence-corrected chi connectivity index (χ3v) is 3.29. The third-order valence-electron chi connectivity index (χ3n) is 3.29. The minimum absolute atomic E-state index is 0.0709. The summed E-state index contributed by atoms with van der Waals surface area (Å²) >= 11 is 0. The summed E-state index contributed by atoms with van der Waals surface area (Å²) in [5, 5.41) is 28.1. The second kappa shape index (κ2) is 7.91. The summed E-state index contributed by atoms with van der Waals surface area (Å²) in [4.78, 5) is 4.03. The van der Waals surface area contributed by atoms with Crippen molar-refractivity contribution in [3.63, 3.8) is 0 Å². The summed E-state index contributed by atoms with van der Waals surface area (Å²) in [6, 6.07) is 14.7. The third kappa shape index (κ3) is 3.97. The van der Waals surface area contributed by atoms with Crippen LogP contribution >= 0.6 is 0 Å². The molecular weight excluding hydrogens is 306 g/mol. The number of halogens is 1. The fraction of sp³-hybridized carbons (Fsp3) is 0. The molecule has 0 radical (unpaired) electrons. The number of pyridine rings is 1. The average Bonchev–Trinajstić information content (AvgIpc) is 2.62. The van der Waals surface area contributed by atoms with Gasteiger partial charge in [0.25, 0.3) is 0 Å². The highest BCUT2D eigenvalue weighted by molar-refractivity contribution is 6.70. The van der Waals surface area contributed by atoms with Crippen LogP contribution in [0, 0.1) is 17.1 Å². The van der Waals surface area contributed by atoms with Gasteiger partial charge in [-0.25, -0.2) is 4.39 Å². The molecule has 6 heteroatoms. The maximum absolute atomic E-state index is 12.8. The van der Waals surface area contributed by atoms with Crippen molar-refractivity contribution in [3.05, 3.63) is 78.7 Å². The molecule has 0 aliphatic carbocycles. The van der Waals surface area contributed by atoms with Gasteiger partial charge in [0.15, 0.2) is 0 Å². The molecule has 1 aromatic heterocycles. The van der Waals surface area contributed by atoms with Crippen molar-refractivity contribution in [3.8, 4) is 11.8 Å². The lowest BCUT2D eigenvalue weighted by molar-refractivity contribution is 0.480. The number of hydrogen-bond acceptors (Lipinski definition) is 4. The Balaban J connectivity index is 0.000000175. The summed E-state index contributed by atoms with van der Waals surface area (Å²) in [6.07, 6.45) is 1.67. The van der Waals surface area contributed by atoms with E-state index < -0.39 is 12.7 Å². The number of rotatable bonds is 2. The van der Waals surface area contributed by atoms with Gasteiger partial charge in [0.1, 0.15) is 23.2 Å². The van der Waals surface area contributed by atoms with Gasteiger partial charge in [0, 0.05) is 11.6 Å². The first-order chi connectivity index (χ1) is 11.6. The Morgan fingerprint density at radius 3 is 2.62 bits per heavy atom. The Morgan fingerprint density at radius 1 is 1.21 bits per heavy atom. The second-order valence-corrected chi connectivity index (χ2v) is 4.88. The minimum Gasteiger partial charge on any atom is -0.506 e. The number of phenolic OH excluding ortho intramolecular Hbond substituents is 1. The van der Waals surface area contributed by atoms with Crippen molar-refractivity contribution < 1.29 is 14.5 Å². The van der Waals surface area contributed by atoms with Crippen LogP contribution in [0.15, 0.2) is 67.3 Å². The summed E-state index contributed by atoms with van der Waals surface area (Å²) in [7, 11) is 0.